The van der Waals surface area contributed by atoms with Crippen molar-refractivity contribution < 1.29 is 24.2 Å². The topological polar surface area (TPSA) is 175 Å². The lowest BCUT2D eigenvalue weighted by molar-refractivity contribution is -0.120. The number of phenolic OH excluding ortho intramolecular Hbond substituents is 1. The molecule has 15 heteroatoms. The molecule has 15 nitrogen and oxygen atoms in total. The lowest BCUT2D eigenvalue weighted by Crippen LogP contribution is -2.50. The minimum Gasteiger partial charge on any atom is -0.507 e. The van der Waals surface area contributed by atoms with E-state index < -0.39 is 6.03 Å². The van der Waals surface area contributed by atoms with Gasteiger partial charge in [-0.25, -0.2) is 9.78 Å². The molecule has 9 rings (SSSR count). The first kappa shape index (κ1) is 42.3. The molecule has 3 aliphatic heterocycles. The molecule has 4 fully saturated rings. The normalized spacial score (nSPS) is 22.4. The van der Waals surface area contributed by atoms with Crippen LogP contribution in [-0.4, -0.2) is 111 Å². The first-order chi connectivity index (χ1) is 30.4. The number of nitrogen functional groups attached to an aromatic ring is 1. The Morgan fingerprint density at radius 2 is 1.75 bits per heavy atom. The Morgan fingerprint density at radius 1 is 0.968 bits per heavy atom. The van der Waals surface area contributed by atoms with Crippen molar-refractivity contribution >= 4 is 46.1 Å². The highest BCUT2D eigenvalue weighted by molar-refractivity contribution is 6.06. The van der Waals surface area contributed by atoms with Gasteiger partial charge in [-0.2, -0.15) is 0 Å². The van der Waals surface area contributed by atoms with Gasteiger partial charge < -0.3 is 29.9 Å². The number of amides is 4. The number of para-hydroxylation sites is 1. The van der Waals surface area contributed by atoms with E-state index in [0.29, 0.717) is 61.8 Å². The summed E-state index contributed by atoms with van der Waals surface area (Å²) in [4.78, 5) is 51.5. The van der Waals surface area contributed by atoms with Crippen LogP contribution in [0.25, 0.3) is 22.3 Å². The Bertz CT molecular complexity index is 2540. The summed E-state index contributed by atoms with van der Waals surface area (Å²) in [6.45, 7) is 13.9. The molecule has 4 aliphatic rings. The number of rotatable bonds is 9. The van der Waals surface area contributed by atoms with E-state index in [0.717, 1.165) is 96.4 Å². The molecule has 0 bridgehead atoms. The molecule has 3 saturated heterocycles. The summed E-state index contributed by atoms with van der Waals surface area (Å²) in [7, 11) is 0. The fourth-order valence-electron chi connectivity index (χ4n) is 10.1. The Morgan fingerprint density at radius 3 is 2.49 bits per heavy atom. The van der Waals surface area contributed by atoms with Gasteiger partial charge in [0.1, 0.15) is 17.5 Å². The van der Waals surface area contributed by atoms with E-state index in [4.69, 9.17) is 15.5 Å². The summed E-state index contributed by atoms with van der Waals surface area (Å²) in [5, 5.41) is 22.5. The van der Waals surface area contributed by atoms with Crippen LogP contribution in [0.3, 0.4) is 0 Å². The molecule has 6 heterocycles. The van der Waals surface area contributed by atoms with Gasteiger partial charge in [-0.05, 0) is 111 Å². The van der Waals surface area contributed by atoms with Crippen LogP contribution in [0.4, 0.5) is 22.0 Å². The number of anilines is 3. The van der Waals surface area contributed by atoms with Gasteiger partial charge in [0.15, 0.2) is 5.82 Å². The first-order valence-electron chi connectivity index (χ1n) is 22.5. The zero-order chi connectivity index (χ0) is 43.9. The number of fused-ring (bicyclic) bond motifs is 1. The number of nitrogens with zero attached hydrogens (tertiary/aromatic N) is 8. The summed E-state index contributed by atoms with van der Waals surface area (Å²) in [5.41, 5.74) is 14.9. The number of carbonyl (C=O) groups is 3. The lowest BCUT2D eigenvalue weighted by Gasteiger charge is -2.40. The number of imide groups is 1. The average Bonchev–Trinajstić information content (AvgIpc) is 3.66. The number of pyridine rings is 1. The molecule has 3 aromatic heterocycles. The number of morpholine rings is 1. The second-order valence-corrected chi connectivity index (χ2v) is 17.9. The molecule has 0 spiro atoms. The zero-order valence-electron chi connectivity index (χ0n) is 36.7. The van der Waals surface area contributed by atoms with Crippen molar-refractivity contribution in [2.45, 2.75) is 84.4 Å². The zero-order valence-corrected chi connectivity index (χ0v) is 36.7. The van der Waals surface area contributed by atoms with Crippen LogP contribution in [0.1, 0.15) is 90.7 Å². The molecular formula is C48H58N10O5. The van der Waals surface area contributed by atoms with Crippen LogP contribution < -0.4 is 20.9 Å². The number of nitrogens with one attached hydrogen (secondary N) is 1. The number of aryl methyl sites for hydroxylation is 3. The number of aromatic hydroxyl groups is 1. The summed E-state index contributed by atoms with van der Waals surface area (Å²) in [6, 6.07) is 15.2. The molecule has 1 aliphatic carbocycles. The number of phenols is 1. The van der Waals surface area contributed by atoms with Crippen LogP contribution in [-0.2, 0) is 16.0 Å². The maximum absolute atomic E-state index is 14.0. The second kappa shape index (κ2) is 17.6. The standard InChI is InChI=1S/C48H58N10O5/c1-5-33-26-58(46-39(33)22-35(24-50-46)56-15-14-44(60)51-48(56)62)34-12-10-32(11-13-34)25-54-16-18-55(19-17-54)47(61)38-21-29(2)37(20-30(38)3)43-27-57(31(4)28-63-43)41-23-40(52-53-45(41)49)36-8-6-7-9-42(36)59/h6-9,20-24,26,31-32,34,43,59H,5,10-19,25,27-28H2,1-4H3,(H2,49,53)(H,51,60,62)/t31-,32?,34?,43+/m1/s1. The van der Waals surface area contributed by atoms with Gasteiger partial charge in [-0.15, -0.1) is 10.2 Å². The van der Waals surface area contributed by atoms with Crippen molar-refractivity contribution in [1.82, 2.24) is 34.9 Å². The predicted molar refractivity (Wildman–Crippen MR) is 243 cm³/mol. The molecule has 5 aromatic rings. The monoisotopic (exact) mass is 854 g/mol. The first-order valence-corrected chi connectivity index (χ1v) is 22.5. The van der Waals surface area contributed by atoms with Gasteiger partial charge in [0.05, 0.1) is 29.9 Å². The highest BCUT2D eigenvalue weighted by Gasteiger charge is 2.33. The van der Waals surface area contributed by atoms with Gasteiger partial charge >= 0.3 is 6.03 Å². The van der Waals surface area contributed by atoms with E-state index >= 15 is 0 Å². The molecule has 4 amide bonds. The number of benzene rings is 2. The molecule has 330 valence electrons. The number of ether oxygens (including phenoxy) is 1. The van der Waals surface area contributed by atoms with Crippen LogP contribution in [0.2, 0.25) is 0 Å². The van der Waals surface area contributed by atoms with Crippen molar-refractivity contribution in [1.29, 1.82) is 0 Å². The minimum absolute atomic E-state index is 0.0298. The summed E-state index contributed by atoms with van der Waals surface area (Å²) in [6.07, 6.45) is 9.38. The van der Waals surface area contributed by atoms with Crippen molar-refractivity contribution in [3.63, 3.8) is 0 Å². The Hall–Kier alpha value is -6.06. The van der Waals surface area contributed by atoms with Crippen LogP contribution in [0.15, 0.2) is 60.9 Å². The number of hydrogen-bond donors (Lipinski definition) is 3. The molecule has 63 heavy (non-hydrogen) atoms. The van der Waals surface area contributed by atoms with Gasteiger partial charge in [0, 0.05) is 87.0 Å². The molecular weight excluding hydrogens is 797 g/mol. The Kier molecular flexibility index (Phi) is 11.8. The van der Waals surface area contributed by atoms with Crippen LogP contribution in [0, 0.1) is 19.8 Å². The van der Waals surface area contributed by atoms with E-state index in [-0.39, 0.29) is 36.1 Å². The smallest absolute Gasteiger partial charge is 0.328 e. The third-order valence-corrected chi connectivity index (χ3v) is 13.8. The molecule has 2 aromatic carbocycles. The van der Waals surface area contributed by atoms with Crippen molar-refractivity contribution in [2.24, 2.45) is 5.92 Å². The highest BCUT2D eigenvalue weighted by atomic mass is 16.5. The van der Waals surface area contributed by atoms with Gasteiger partial charge in [0.25, 0.3) is 5.91 Å². The maximum atomic E-state index is 14.0. The Balaban J connectivity index is 0.793. The molecule has 2 atom stereocenters. The average molecular weight is 855 g/mol. The third kappa shape index (κ3) is 8.43. The second-order valence-electron chi connectivity index (χ2n) is 17.9. The summed E-state index contributed by atoms with van der Waals surface area (Å²) >= 11 is 0. The number of piperazine rings is 1. The van der Waals surface area contributed by atoms with Crippen LogP contribution in [0.5, 0.6) is 5.75 Å². The number of hydrogen-bond acceptors (Lipinski definition) is 11. The minimum atomic E-state index is -0.393. The lowest BCUT2D eigenvalue weighted by atomic mass is 9.85. The van der Waals surface area contributed by atoms with Gasteiger partial charge in [-0.1, -0.05) is 25.1 Å². The van der Waals surface area contributed by atoms with Crippen molar-refractivity contribution in [2.75, 3.05) is 68.0 Å². The number of aromatic nitrogens is 4. The SMILES string of the molecule is CCc1cn(C2CCC(CN3CCN(C(=O)c4cc(C)c([C@@H]5CN(c6cc(-c7ccccc7O)nnc6N)[C@H](C)CO5)cc4C)CC3)CC2)c2ncc(N3CCC(=O)NC3=O)cc12. The summed E-state index contributed by atoms with van der Waals surface area (Å²) < 4.78 is 8.78. The Labute approximate surface area is 368 Å². The predicted octanol–water partition coefficient (Wildman–Crippen LogP) is 6.56. The highest BCUT2D eigenvalue weighted by Crippen LogP contribution is 2.39. The van der Waals surface area contributed by atoms with E-state index in [2.05, 4.69) is 69.0 Å². The van der Waals surface area contributed by atoms with E-state index in [1.54, 1.807) is 23.2 Å². The van der Waals surface area contributed by atoms with Crippen molar-refractivity contribution in [3.05, 3.63) is 88.7 Å². The summed E-state index contributed by atoms with van der Waals surface area (Å²) in [5.74, 6) is 0.893. The third-order valence-electron chi connectivity index (χ3n) is 13.8. The van der Waals surface area contributed by atoms with Crippen molar-refractivity contribution in [3.8, 4) is 17.0 Å². The van der Waals surface area contributed by atoms with Gasteiger partial charge in [-0.3, -0.25) is 24.7 Å². The van der Waals surface area contributed by atoms with Gasteiger partial charge in [0.2, 0.25) is 5.91 Å². The fraction of sp³-hybridized carbons (Fsp3) is 0.458. The maximum Gasteiger partial charge on any atom is 0.328 e. The number of nitrogens with two attached hydrogens (primary N) is 1. The van der Waals surface area contributed by atoms with E-state index in [1.807, 2.05) is 36.1 Å². The molecule has 1 saturated carbocycles. The molecule has 0 unspecified atom stereocenters. The van der Waals surface area contributed by atoms with E-state index in [9.17, 15) is 19.5 Å². The quantitative estimate of drug-likeness (QED) is 0.146. The van der Waals surface area contributed by atoms with Crippen LogP contribution >= 0.6 is 0 Å². The largest absolute Gasteiger partial charge is 0.507 e. The molecule has 0 radical (unpaired) electrons. The number of urea groups is 1. The van der Waals surface area contributed by atoms with E-state index in [1.165, 1.54) is 5.56 Å². The molecule has 4 N–H and O–H groups in total. The number of carbonyl (C=O) groups excluding carboxylic acids is 3. The fourth-order valence-corrected chi connectivity index (χ4v) is 10.1.